The molecule has 2 nitrogen and oxygen atoms in total. The van der Waals surface area contributed by atoms with Crippen molar-refractivity contribution in [1.82, 2.24) is 0 Å². The number of benzene rings is 2. The number of aliphatic imine (C=N–C) groups is 2. The molecule has 0 atom stereocenters. The van der Waals surface area contributed by atoms with Gasteiger partial charge in [-0.1, -0.05) is 68.4 Å². The molecule has 0 aromatic heterocycles. The van der Waals surface area contributed by atoms with Crippen LogP contribution in [-0.4, -0.2) is 18.1 Å². The minimum absolute atomic E-state index is 0.674. The van der Waals surface area contributed by atoms with Crippen LogP contribution < -0.4 is 0 Å². The normalized spacial score (nSPS) is 14.2. The van der Waals surface area contributed by atoms with Crippen molar-refractivity contribution in [2.75, 3.05) is 6.54 Å². The van der Waals surface area contributed by atoms with E-state index in [4.69, 9.17) is 0 Å². The summed E-state index contributed by atoms with van der Waals surface area (Å²) in [5.41, 5.74) is 4.69. The van der Waals surface area contributed by atoms with E-state index in [-0.39, 0.29) is 0 Å². The Hall–Kier alpha value is -2.22. The van der Waals surface area contributed by atoms with Crippen LogP contribution in [0.25, 0.3) is 0 Å². The zero-order valence-electron chi connectivity index (χ0n) is 12.6. The fraction of sp³-hybridized carbons (Fsp3) is 0.263. The van der Waals surface area contributed by atoms with Crippen LogP contribution in [0.2, 0.25) is 0 Å². The maximum atomic E-state index is 4.69. The summed E-state index contributed by atoms with van der Waals surface area (Å²) in [6.45, 7) is 5.16. The predicted octanol–water partition coefficient (Wildman–Crippen LogP) is 4.13. The van der Waals surface area contributed by atoms with Crippen molar-refractivity contribution in [2.24, 2.45) is 15.9 Å². The molecule has 1 aliphatic heterocycles. The van der Waals surface area contributed by atoms with E-state index in [1.54, 1.807) is 0 Å². The van der Waals surface area contributed by atoms with Crippen LogP contribution in [0.5, 0.6) is 0 Å². The van der Waals surface area contributed by atoms with Crippen molar-refractivity contribution in [3.63, 3.8) is 0 Å². The molecule has 0 saturated carbocycles. The molecule has 2 heteroatoms. The Morgan fingerprint density at radius 1 is 0.905 bits per heavy atom. The second kappa shape index (κ2) is 6.04. The minimum Gasteiger partial charge on any atom is -0.260 e. The first-order valence-corrected chi connectivity index (χ1v) is 7.49. The van der Waals surface area contributed by atoms with E-state index >= 15 is 0 Å². The van der Waals surface area contributed by atoms with Gasteiger partial charge in [-0.15, -0.1) is 0 Å². The van der Waals surface area contributed by atoms with Crippen LogP contribution in [0.15, 0.2) is 64.6 Å². The molecule has 2 aromatic carbocycles. The zero-order chi connectivity index (χ0) is 14.7. The molecule has 0 bridgehead atoms. The molecular formula is C19H20N2. The van der Waals surface area contributed by atoms with E-state index in [0.29, 0.717) is 12.5 Å². The molecular weight excluding hydrogens is 256 g/mol. The number of hydrogen-bond acceptors (Lipinski definition) is 2. The van der Waals surface area contributed by atoms with Crippen LogP contribution in [0, 0.1) is 5.92 Å². The van der Waals surface area contributed by atoms with Gasteiger partial charge in [-0.2, -0.15) is 0 Å². The lowest BCUT2D eigenvalue weighted by Gasteiger charge is -2.05. The van der Waals surface area contributed by atoms with E-state index in [0.717, 1.165) is 29.1 Å². The summed E-state index contributed by atoms with van der Waals surface area (Å²) in [6.07, 6.45) is 1.12. The molecule has 21 heavy (non-hydrogen) atoms. The van der Waals surface area contributed by atoms with Crippen molar-refractivity contribution >= 4 is 11.5 Å². The third kappa shape index (κ3) is 3.27. The second-order valence-electron chi connectivity index (χ2n) is 5.86. The molecule has 106 valence electrons. The van der Waals surface area contributed by atoms with Crippen LogP contribution >= 0.6 is 0 Å². The number of amidine groups is 1. The summed E-state index contributed by atoms with van der Waals surface area (Å²) >= 11 is 0. The largest absolute Gasteiger partial charge is 0.260 e. The summed E-state index contributed by atoms with van der Waals surface area (Å²) in [5.74, 6) is 1.53. The Bertz CT molecular complexity index is 664. The molecule has 3 rings (SSSR count). The smallest absolute Gasteiger partial charge is 0.155 e. The molecule has 0 radical (unpaired) electrons. The Kier molecular flexibility index (Phi) is 3.96. The van der Waals surface area contributed by atoms with Gasteiger partial charge >= 0.3 is 0 Å². The van der Waals surface area contributed by atoms with Gasteiger partial charge in [0.25, 0.3) is 0 Å². The monoisotopic (exact) mass is 276 g/mol. The highest BCUT2D eigenvalue weighted by atomic mass is 15.0. The van der Waals surface area contributed by atoms with Crippen molar-refractivity contribution in [1.29, 1.82) is 0 Å². The lowest BCUT2D eigenvalue weighted by molar-refractivity contribution is 0.647. The molecule has 0 spiro atoms. The topological polar surface area (TPSA) is 24.7 Å². The van der Waals surface area contributed by atoms with Gasteiger partial charge in [-0.05, 0) is 23.5 Å². The fourth-order valence-electron chi connectivity index (χ4n) is 2.55. The van der Waals surface area contributed by atoms with E-state index in [2.05, 4.69) is 60.2 Å². The van der Waals surface area contributed by atoms with Crippen LogP contribution in [0.3, 0.4) is 0 Å². The summed E-state index contributed by atoms with van der Waals surface area (Å²) in [7, 11) is 0. The molecule has 1 heterocycles. The van der Waals surface area contributed by atoms with Gasteiger partial charge in [0.05, 0.1) is 12.3 Å². The van der Waals surface area contributed by atoms with E-state index < -0.39 is 0 Å². The van der Waals surface area contributed by atoms with Gasteiger partial charge in [0.15, 0.2) is 5.84 Å². The molecule has 0 amide bonds. The first kappa shape index (κ1) is 13.7. The quantitative estimate of drug-likeness (QED) is 0.802. The third-order valence-electron chi connectivity index (χ3n) is 3.58. The standard InChI is InChI=1S/C19H20N2/c1-14(2)12-15-8-10-17(11-9-15)19-20-13-18(21-19)16-6-4-3-5-7-16/h3-11,14H,12-13H2,1-2H3. The van der Waals surface area contributed by atoms with Gasteiger partial charge in [-0.3, -0.25) is 4.99 Å². The summed E-state index contributed by atoms with van der Waals surface area (Å²) in [4.78, 5) is 9.25. The lowest BCUT2D eigenvalue weighted by atomic mass is 10.0. The summed E-state index contributed by atoms with van der Waals surface area (Å²) in [5, 5.41) is 0. The molecule has 0 unspecified atom stereocenters. The SMILES string of the molecule is CC(C)Cc1ccc(C2=NCC(c3ccccc3)=N2)cc1. The van der Waals surface area contributed by atoms with Crippen molar-refractivity contribution in [3.8, 4) is 0 Å². The van der Waals surface area contributed by atoms with Gasteiger partial charge in [0.1, 0.15) is 0 Å². The molecule has 0 saturated heterocycles. The number of nitrogens with zero attached hydrogens (tertiary/aromatic N) is 2. The highest BCUT2D eigenvalue weighted by Gasteiger charge is 2.13. The summed E-state index contributed by atoms with van der Waals surface area (Å²) in [6, 6.07) is 18.9. The van der Waals surface area contributed by atoms with Gasteiger partial charge in [0.2, 0.25) is 0 Å². The van der Waals surface area contributed by atoms with Crippen molar-refractivity contribution < 1.29 is 0 Å². The van der Waals surface area contributed by atoms with Crippen LogP contribution in [-0.2, 0) is 6.42 Å². The van der Waals surface area contributed by atoms with E-state index in [9.17, 15) is 0 Å². The third-order valence-corrected chi connectivity index (χ3v) is 3.58. The lowest BCUT2D eigenvalue weighted by Crippen LogP contribution is -2.01. The van der Waals surface area contributed by atoms with Crippen molar-refractivity contribution in [2.45, 2.75) is 20.3 Å². The number of rotatable bonds is 4. The van der Waals surface area contributed by atoms with Gasteiger partial charge in [0, 0.05) is 5.56 Å². The van der Waals surface area contributed by atoms with E-state index in [1.165, 1.54) is 5.56 Å². The molecule has 1 aliphatic rings. The van der Waals surface area contributed by atoms with Crippen LogP contribution in [0.4, 0.5) is 0 Å². The minimum atomic E-state index is 0.674. The average molecular weight is 276 g/mol. The molecule has 0 aliphatic carbocycles. The Morgan fingerprint density at radius 2 is 1.62 bits per heavy atom. The highest BCUT2D eigenvalue weighted by Crippen LogP contribution is 2.15. The molecule has 0 N–H and O–H groups in total. The molecule has 2 aromatic rings. The fourth-order valence-corrected chi connectivity index (χ4v) is 2.55. The van der Waals surface area contributed by atoms with Gasteiger partial charge < -0.3 is 0 Å². The first-order valence-electron chi connectivity index (χ1n) is 7.49. The highest BCUT2D eigenvalue weighted by molar-refractivity contribution is 6.17. The Balaban J connectivity index is 1.78. The second-order valence-corrected chi connectivity index (χ2v) is 5.86. The Labute approximate surface area is 126 Å². The first-order chi connectivity index (χ1) is 10.2. The molecule has 0 fully saturated rings. The Morgan fingerprint density at radius 3 is 2.29 bits per heavy atom. The van der Waals surface area contributed by atoms with Crippen LogP contribution in [0.1, 0.15) is 30.5 Å². The van der Waals surface area contributed by atoms with Crippen molar-refractivity contribution in [3.05, 3.63) is 71.3 Å². The summed E-state index contributed by atoms with van der Waals surface area (Å²) < 4.78 is 0. The predicted molar refractivity (Wildman–Crippen MR) is 89.4 cm³/mol. The maximum absolute atomic E-state index is 4.69. The zero-order valence-corrected chi connectivity index (χ0v) is 12.6. The maximum Gasteiger partial charge on any atom is 0.155 e. The van der Waals surface area contributed by atoms with E-state index in [1.807, 2.05) is 18.2 Å². The number of hydrogen-bond donors (Lipinski definition) is 0. The van der Waals surface area contributed by atoms with Gasteiger partial charge in [-0.25, -0.2) is 4.99 Å². The average Bonchev–Trinajstić information content (AvgIpc) is 2.98.